The Kier molecular flexibility index (Phi) is 5.02. The van der Waals surface area contributed by atoms with Gasteiger partial charge in [-0.3, -0.25) is 0 Å². The molecule has 0 aliphatic heterocycles. The fourth-order valence-corrected chi connectivity index (χ4v) is 2.83. The SMILES string of the molecule is N#CCOc1ccccc1/C=C(\Sc1nc2ccccc2o1)C(=O)[O-]. The number of carbonyl (C=O) groups excluding carboxylic acids is 1. The molecule has 25 heavy (non-hydrogen) atoms. The van der Waals surface area contributed by atoms with Crippen LogP contribution in [0.1, 0.15) is 5.56 Å². The Bertz CT molecular complexity index is 955. The number of ether oxygens (including phenoxy) is 1. The van der Waals surface area contributed by atoms with E-state index < -0.39 is 5.97 Å². The van der Waals surface area contributed by atoms with Gasteiger partial charge in [-0.1, -0.05) is 30.3 Å². The van der Waals surface area contributed by atoms with Gasteiger partial charge in [0.2, 0.25) is 0 Å². The van der Waals surface area contributed by atoms with Gasteiger partial charge in [0.15, 0.2) is 12.2 Å². The van der Waals surface area contributed by atoms with E-state index in [1.54, 1.807) is 42.5 Å². The van der Waals surface area contributed by atoms with Gasteiger partial charge in [-0.2, -0.15) is 5.26 Å². The first-order valence-corrected chi connectivity index (χ1v) is 8.04. The number of oxazole rings is 1. The second-order valence-corrected chi connectivity index (χ2v) is 5.82. The third kappa shape index (κ3) is 4.00. The van der Waals surface area contributed by atoms with Gasteiger partial charge in [0.1, 0.15) is 17.3 Å². The average Bonchev–Trinajstić information content (AvgIpc) is 3.02. The van der Waals surface area contributed by atoms with E-state index in [0.717, 1.165) is 11.8 Å². The first-order valence-electron chi connectivity index (χ1n) is 7.22. The molecular weight excluding hydrogens is 340 g/mol. The smallest absolute Gasteiger partial charge is 0.261 e. The van der Waals surface area contributed by atoms with Gasteiger partial charge < -0.3 is 19.1 Å². The number of carboxylic acids is 1. The second kappa shape index (κ2) is 7.55. The molecule has 1 heterocycles. The Labute approximate surface area is 147 Å². The Morgan fingerprint density at radius 3 is 2.80 bits per heavy atom. The van der Waals surface area contributed by atoms with Crippen LogP contribution >= 0.6 is 11.8 Å². The summed E-state index contributed by atoms with van der Waals surface area (Å²) in [4.78, 5) is 15.6. The van der Waals surface area contributed by atoms with E-state index in [0.29, 0.717) is 22.4 Å². The van der Waals surface area contributed by atoms with Crippen LogP contribution in [0.4, 0.5) is 0 Å². The lowest BCUT2D eigenvalue weighted by Crippen LogP contribution is -2.23. The maximum absolute atomic E-state index is 11.5. The van der Waals surface area contributed by atoms with E-state index in [9.17, 15) is 9.90 Å². The third-order valence-corrected chi connectivity index (χ3v) is 4.02. The predicted molar refractivity (Wildman–Crippen MR) is 90.4 cm³/mol. The molecule has 0 aliphatic carbocycles. The highest BCUT2D eigenvalue weighted by Gasteiger charge is 2.11. The van der Waals surface area contributed by atoms with E-state index in [1.165, 1.54) is 6.08 Å². The zero-order valence-corrected chi connectivity index (χ0v) is 13.7. The average molecular weight is 351 g/mol. The minimum atomic E-state index is -1.36. The van der Waals surface area contributed by atoms with E-state index in [-0.39, 0.29) is 16.7 Å². The molecule has 0 spiro atoms. The van der Waals surface area contributed by atoms with Crippen LogP contribution < -0.4 is 9.84 Å². The minimum Gasteiger partial charge on any atom is -0.544 e. The van der Waals surface area contributed by atoms with Crippen molar-refractivity contribution in [2.45, 2.75) is 5.22 Å². The van der Waals surface area contributed by atoms with Crippen LogP contribution in [-0.2, 0) is 4.79 Å². The van der Waals surface area contributed by atoms with Gasteiger partial charge in [0.25, 0.3) is 5.22 Å². The van der Waals surface area contributed by atoms with Crippen molar-refractivity contribution in [3.8, 4) is 11.8 Å². The quantitative estimate of drug-likeness (QED) is 0.497. The highest BCUT2D eigenvalue weighted by atomic mass is 32.2. The Morgan fingerprint density at radius 2 is 2.04 bits per heavy atom. The zero-order valence-electron chi connectivity index (χ0n) is 12.8. The summed E-state index contributed by atoms with van der Waals surface area (Å²) in [5, 5.41) is 20.3. The highest BCUT2D eigenvalue weighted by Crippen LogP contribution is 2.31. The van der Waals surface area contributed by atoms with Gasteiger partial charge in [0, 0.05) is 10.5 Å². The number of thioether (sulfide) groups is 1. The number of hydrogen-bond donors (Lipinski definition) is 0. The summed E-state index contributed by atoms with van der Waals surface area (Å²) in [6.45, 7) is -0.135. The monoisotopic (exact) mass is 351 g/mol. The fraction of sp³-hybridized carbons (Fsp3) is 0.0556. The summed E-state index contributed by atoms with van der Waals surface area (Å²) in [6.07, 6.45) is 1.40. The number of para-hydroxylation sites is 3. The van der Waals surface area contributed by atoms with Crippen LogP contribution in [0.3, 0.4) is 0 Å². The van der Waals surface area contributed by atoms with Crippen LogP contribution in [0.25, 0.3) is 17.2 Å². The highest BCUT2D eigenvalue weighted by molar-refractivity contribution is 8.03. The molecule has 0 amide bonds. The molecule has 0 radical (unpaired) electrons. The van der Waals surface area contributed by atoms with Crippen LogP contribution in [0.15, 0.2) is 63.1 Å². The number of hydrogen-bond acceptors (Lipinski definition) is 7. The third-order valence-electron chi connectivity index (χ3n) is 3.17. The maximum Gasteiger partial charge on any atom is 0.261 e. The van der Waals surface area contributed by atoms with Crippen LogP contribution in [0.5, 0.6) is 5.75 Å². The van der Waals surface area contributed by atoms with Crippen molar-refractivity contribution < 1.29 is 19.1 Å². The van der Waals surface area contributed by atoms with Crippen molar-refractivity contribution in [2.75, 3.05) is 6.61 Å². The molecule has 0 fully saturated rings. The topological polar surface area (TPSA) is 99.2 Å². The summed E-state index contributed by atoms with van der Waals surface area (Å²) in [5.41, 5.74) is 1.72. The van der Waals surface area contributed by atoms with Crippen molar-refractivity contribution in [2.24, 2.45) is 0 Å². The molecule has 0 aliphatic rings. The van der Waals surface area contributed by atoms with Crippen molar-refractivity contribution in [3.05, 3.63) is 59.0 Å². The lowest BCUT2D eigenvalue weighted by Gasteiger charge is -2.09. The Hall–Kier alpha value is -3.24. The maximum atomic E-state index is 11.5. The number of aromatic nitrogens is 1. The molecule has 0 atom stereocenters. The summed E-state index contributed by atoms with van der Waals surface area (Å²) < 4.78 is 10.8. The molecule has 2 aromatic carbocycles. The van der Waals surface area contributed by atoms with Gasteiger partial charge >= 0.3 is 0 Å². The van der Waals surface area contributed by atoms with Crippen molar-refractivity contribution in [3.63, 3.8) is 0 Å². The number of carboxylic acid groups (broad SMARTS) is 1. The molecule has 3 aromatic rings. The number of benzene rings is 2. The normalized spacial score (nSPS) is 11.2. The van der Waals surface area contributed by atoms with E-state index >= 15 is 0 Å². The molecule has 124 valence electrons. The van der Waals surface area contributed by atoms with Crippen molar-refractivity contribution in [1.29, 1.82) is 5.26 Å². The molecule has 3 rings (SSSR count). The minimum absolute atomic E-state index is 0.0837. The molecule has 0 saturated carbocycles. The zero-order chi connectivity index (χ0) is 17.6. The van der Waals surface area contributed by atoms with Crippen molar-refractivity contribution >= 4 is 34.9 Å². The Balaban J connectivity index is 1.92. The summed E-state index contributed by atoms with van der Waals surface area (Å²) >= 11 is 0.851. The van der Waals surface area contributed by atoms with Crippen LogP contribution in [0, 0.1) is 11.3 Å². The van der Waals surface area contributed by atoms with E-state index in [4.69, 9.17) is 14.4 Å². The fourth-order valence-electron chi connectivity index (χ4n) is 2.10. The van der Waals surface area contributed by atoms with E-state index in [2.05, 4.69) is 4.98 Å². The molecule has 7 heteroatoms. The molecule has 0 unspecified atom stereocenters. The predicted octanol–water partition coefficient (Wildman–Crippen LogP) is 2.61. The lowest BCUT2D eigenvalue weighted by molar-refractivity contribution is -0.298. The van der Waals surface area contributed by atoms with Gasteiger partial charge in [-0.25, -0.2) is 4.98 Å². The number of nitrogens with zero attached hydrogens (tertiary/aromatic N) is 2. The molecule has 0 N–H and O–H groups in total. The summed E-state index contributed by atoms with van der Waals surface area (Å²) in [7, 11) is 0. The molecule has 0 bridgehead atoms. The number of nitriles is 1. The molecule has 1 aromatic heterocycles. The van der Waals surface area contributed by atoms with Gasteiger partial charge in [0.05, 0.1) is 5.97 Å². The first-order chi connectivity index (χ1) is 12.2. The molecule has 6 nitrogen and oxygen atoms in total. The van der Waals surface area contributed by atoms with Crippen molar-refractivity contribution in [1.82, 2.24) is 4.98 Å². The number of carbonyl (C=O) groups is 1. The van der Waals surface area contributed by atoms with Gasteiger partial charge in [-0.05, 0) is 36.0 Å². The summed E-state index contributed by atoms with van der Waals surface area (Å²) in [6, 6.07) is 15.8. The number of fused-ring (bicyclic) bond motifs is 1. The van der Waals surface area contributed by atoms with E-state index in [1.807, 2.05) is 12.1 Å². The number of rotatable bonds is 6. The first kappa shape index (κ1) is 16.6. The largest absolute Gasteiger partial charge is 0.544 e. The summed E-state index contributed by atoms with van der Waals surface area (Å²) in [5.74, 6) is -0.955. The Morgan fingerprint density at radius 1 is 1.28 bits per heavy atom. The van der Waals surface area contributed by atoms with Gasteiger partial charge in [-0.15, -0.1) is 0 Å². The van der Waals surface area contributed by atoms with Crippen LogP contribution in [-0.4, -0.2) is 17.6 Å². The molecule has 0 saturated heterocycles. The van der Waals surface area contributed by atoms with Crippen LogP contribution in [0.2, 0.25) is 0 Å². The molecular formula is C18H11N2O4S-. The lowest BCUT2D eigenvalue weighted by atomic mass is 10.2. The second-order valence-electron chi connectivity index (χ2n) is 4.83. The number of aliphatic carboxylic acids is 1. The standard InChI is InChI=1S/C18H12N2O4S/c19-9-10-23-14-7-3-1-5-12(14)11-16(17(21)22)25-18-20-13-6-2-4-8-15(13)24-18/h1-8,11H,10H2,(H,21,22)/p-1/b16-11-.